The third-order valence-electron chi connectivity index (χ3n) is 3.21. The second-order valence-corrected chi connectivity index (χ2v) is 6.39. The Morgan fingerprint density at radius 3 is 2.78 bits per heavy atom. The fourth-order valence-corrected chi connectivity index (χ4v) is 3.39. The van der Waals surface area contributed by atoms with Crippen molar-refractivity contribution >= 4 is 26.6 Å². The fraction of sp³-hybridized carbons (Fsp3) is 0.125. The summed E-state index contributed by atoms with van der Waals surface area (Å²) in [6, 6.07) is 10.5. The molecule has 0 amide bonds. The zero-order valence-electron chi connectivity index (χ0n) is 12.4. The van der Waals surface area contributed by atoms with Crippen LogP contribution in [0.2, 0.25) is 0 Å². The number of sulfonamides is 1. The molecule has 0 unspecified atom stereocenters. The van der Waals surface area contributed by atoms with Crippen LogP contribution in [-0.2, 0) is 10.0 Å². The summed E-state index contributed by atoms with van der Waals surface area (Å²) in [4.78, 5) is 8.12. The topological polar surface area (TPSA) is 81.2 Å². The van der Waals surface area contributed by atoms with Crippen molar-refractivity contribution in [2.75, 3.05) is 11.3 Å². The summed E-state index contributed by atoms with van der Waals surface area (Å²) in [5, 5.41) is 0.851. The van der Waals surface area contributed by atoms with Gasteiger partial charge in [-0.2, -0.15) is 0 Å². The number of hydrogen-bond acceptors (Lipinski definition) is 5. The van der Waals surface area contributed by atoms with E-state index in [2.05, 4.69) is 14.7 Å². The SMILES string of the molecule is CCOc1ccncc1S(=O)(=O)Nc1cccc2cccnc12. The van der Waals surface area contributed by atoms with Gasteiger partial charge in [0.25, 0.3) is 10.0 Å². The zero-order valence-corrected chi connectivity index (χ0v) is 13.2. The van der Waals surface area contributed by atoms with Gasteiger partial charge in [-0.3, -0.25) is 14.7 Å². The third kappa shape index (κ3) is 3.09. The van der Waals surface area contributed by atoms with Gasteiger partial charge in [-0.05, 0) is 25.1 Å². The number of hydrogen-bond donors (Lipinski definition) is 1. The molecule has 0 fully saturated rings. The lowest BCUT2D eigenvalue weighted by molar-refractivity contribution is 0.330. The number of para-hydroxylation sites is 1. The predicted octanol–water partition coefficient (Wildman–Crippen LogP) is 2.83. The number of anilines is 1. The Kier molecular flexibility index (Phi) is 4.12. The number of benzene rings is 1. The number of aromatic nitrogens is 2. The van der Waals surface area contributed by atoms with Gasteiger partial charge in [0.05, 0.1) is 24.0 Å². The molecule has 0 saturated heterocycles. The zero-order chi connectivity index (χ0) is 16.3. The third-order valence-corrected chi connectivity index (χ3v) is 4.59. The Hall–Kier alpha value is -2.67. The van der Waals surface area contributed by atoms with Crippen molar-refractivity contribution in [2.45, 2.75) is 11.8 Å². The lowest BCUT2D eigenvalue weighted by Crippen LogP contribution is -2.15. The largest absolute Gasteiger partial charge is 0.492 e. The average Bonchev–Trinajstić information content (AvgIpc) is 2.56. The Morgan fingerprint density at radius 2 is 1.96 bits per heavy atom. The van der Waals surface area contributed by atoms with Gasteiger partial charge >= 0.3 is 0 Å². The van der Waals surface area contributed by atoms with E-state index in [1.165, 1.54) is 18.5 Å². The molecule has 0 saturated carbocycles. The van der Waals surface area contributed by atoms with E-state index in [-0.39, 0.29) is 10.6 Å². The van der Waals surface area contributed by atoms with Crippen LogP contribution in [0.25, 0.3) is 10.9 Å². The molecule has 0 spiro atoms. The molecule has 3 aromatic rings. The van der Waals surface area contributed by atoms with Crippen molar-refractivity contribution in [2.24, 2.45) is 0 Å². The molecule has 1 aromatic carbocycles. The number of nitrogens with one attached hydrogen (secondary N) is 1. The Balaban J connectivity index is 2.04. The molecular formula is C16H15N3O3S. The van der Waals surface area contributed by atoms with Gasteiger partial charge in [-0.1, -0.05) is 18.2 Å². The summed E-state index contributed by atoms with van der Waals surface area (Å²) in [5.41, 5.74) is 0.995. The van der Waals surface area contributed by atoms with Gasteiger partial charge in [0.2, 0.25) is 0 Å². The van der Waals surface area contributed by atoms with E-state index in [4.69, 9.17) is 4.74 Å². The Labute approximate surface area is 134 Å². The van der Waals surface area contributed by atoms with Crippen LogP contribution in [-0.4, -0.2) is 25.0 Å². The smallest absolute Gasteiger partial charge is 0.267 e. The molecule has 2 heterocycles. The lowest BCUT2D eigenvalue weighted by Gasteiger charge is -2.13. The number of pyridine rings is 2. The maximum Gasteiger partial charge on any atom is 0.267 e. The van der Waals surface area contributed by atoms with Gasteiger partial charge in [-0.15, -0.1) is 0 Å². The molecule has 0 atom stereocenters. The van der Waals surface area contributed by atoms with E-state index < -0.39 is 10.0 Å². The van der Waals surface area contributed by atoms with Crippen molar-refractivity contribution in [1.82, 2.24) is 9.97 Å². The van der Waals surface area contributed by atoms with E-state index in [9.17, 15) is 8.42 Å². The van der Waals surface area contributed by atoms with E-state index in [0.29, 0.717) is 17.8 Å². The second kappa shape index (κ2) is 6.21. The summed E-state index contributed by atoms with van der Waals surface area (Å²) >= 11 is 0. The highest BCUT2D eigenvalue weighted by Gasteiger charge is 2.21. The average molecular weight is 329 g/mol. The van der Waals surface area contributed by atoms with Crippen molar-refractivity contribution < 1.29 is 13.2 Å². The van der Waals surface area contributed by atoms with E-state index in [1.54, 1.807) is 31.3 Å². The minimum atomic E-state index is -3.84. The predicted molar refractivity (Wildman–Crippen MR) is 88.0 cm³/mol. The first kappa shape index (κ1) is 15.2. The van der Waals surface area contributed by atoms with Gasteiger partial charge in [0.15, 0.2) is 0 Å². The fourth-order valence-electron chi connectivity index (χ4n) is 2.23. The monoisotopic (exact) mass is 329 g/mol. The van der Waals surface area contributed by atoms with Crippen LogP contribution in [0.3, 0.4) is 0 Å². The summed E-state index contributed by atoms with van der Waals surface area (Å²) < 4.78 is 33.3. The van der Waals surface area contributed by atoms with Crippen LogP contribution >= 0.6 is 0 Å². The summed E-state index contributed by atoms with van der Waals surface area (Å²) in [6.07, 6.45) is 4.38. The quantitative estimate of drug-likeness (QED) is 0.778. The van der Waals surface area contributed by atoms with Crippen molar-refractivity contribution in [3.63, 3.8) is 0 Å². The second-order valence-electron chi connectivity index (χ2n) is 4.74. The Morgan fingerprint density at radius 1 is 1.13 bits per heavy atom. The first-order valence-electron chi connectivity index (χ1n) is 7.05. The van der Waals surface area contributed by atoms with Gasteiger partial charge in [0, 0.05) is 17.8 Å². The number of ether oxygens (including phenoxy) is 1. The van der Waals surface area contributed by atoms with E-state index >= 15 is 0 Å². The molecule has 6 nitrogen and oxygen atoms in total. The molecule has 1 N–H and O–H groups in total. The molecule has 23 heavy (non-hydrogen) atoms. The first-order valence-corrected chi connectivity index (χ1v) is 8.53. The molecule has 0 radical (unpaired) electrons. The number of rotatable bonds is 5. The minimum Gasteiger partial charge on any atom is -0.492 e. The van der Waals surface area contributed by atoms with E-state index in [0.717, 1.165) is 5.39 Å². The molecule has 0 aliphatic carbocycles. The number of fused-ring (bicyclic) bond motifs is 1. The summed E-state index contributed by atoms with van der Waals surface area (Å²) in [7, 11) is -3.84. The van der Waals surface area contributed by atoms with Crippen molar-refractivity contribution in [3.05, 3.63) is 55.0 Å². The van der Waals surface area contributed by atoms with Gasteiger partial charge < -0.3 is 4.74 Å². The normalized spacial score (nSPS) is 11.3. The molecule has 118 valence electrons. The minimum absolute atomic E-state index is 0.00483. The van der Waals surface area contributed by atoms with E-state index in [1.807, 2.05) is 12.1 Å². The van der Waals surface area contributed by atoms with Crippen molar-refractivity contribution in [1.29, 1.82) is 0 Å². The highest BCUT2D eigenvalue weighted by Crippen LogP contribution is 2.27. The van der Waals surface area contributed by atoms with Crippen LogP contribution in [0.1, 0.15) is 6.92 Å². The van der Waals surface area contributed by atoms with Crippen LogP contribution < -0.4 is 9.46 Å². The summed E-state index contributed by atoms with van der Waals surface area (Å²) in [6.45, 7) is 2.15. The molecule has 2 aromatic heterocycles. The van der Waals surface area contributed by atoms with Gasteiger partial charge in [0.1, 0.15) is 10.6 Å². The van der Waals surface area contributed by atoms with Gasteiger partial charge in [-0.25, -0.2) is 8.42 Å². The first-order chi connectivity index (χ1) is 11.1. The molecule has 7 heteroatoms. The van der Waals surface area contributed by atoms with Crippen LogP contribution in [0.4, 0.5) is 5.69 Å². The van der Waals surface area contributed by atoms with Crippen molar-refractivity contribution in [3.8, 4) is 5.75 Å². The maximum absolute atomic E-state index is 12.7. The van der Waals surface area contributed by atoms with Crippen LogP contribution in [0.15, 0.2) is 59.9 Å². The standard InChI is InChI=1S/C16H15N3O3S/c1-2-22-14-8-10-17-11-15(14)23(20,21)19-13-7-3-5-12-6-4-9-18-16(12)13/h3-11,19H,2H2,1H3. The molecule has 0 aliphatic rings. The lowest BCUT2D eigenvalue weighted by atomic mass is 10.2. The highest BCUT2D eigenvalue weighted by molar-refractivity contribution is 7.92. The maximum atomic E-state index is 12.7. The molecule has 0 aliphatic heterocycles. The molecular weight excluding hydrogens is 314 g/mol. The highest BCUT2D eigenvalue weighted by atomic mass is 32.2. The molecule has 3 rings (SSSR count). The van der Waals surface area contributed by atoms with Crippen LogP contribution in [0, 0.1) is 0 Å². The van der Waals surface area contributed by atoms with Crippen LogP contribution in [0.5, 0.6) is 5.75 Å². The Bertz CT molecular complexity index is 937. The summed E-state index contributed by atoms with van der Waals surface area (Å²) in [5.74, 6) is 0.267. The molecule has 0 bridgehead atoms. The number of nitrogens with zero attached hydrogens (tertiary/aromatic N) is 2.